The first kappa shape index (κ1) is 13.5. The van der Waals surface area contributed by atoms with Crippen LogP contribution in [0, 0.1) is 12.7 Å². The molecule has 1 heterocycles. The molecule has 1 aromatic carbocycles. The topological polar surface area (TPSA) is 44.5 Å². The Bertz CT molecular complexity index is 416. The Balaban J connectivity index is 2.27. The van der Waals surface area contributed by atoms with Crippen LogP contribution in [0.5, 0.6) is 0 Å². The normalized spacial score (nSPS) is 20.7. The van der Waals surface area contributed by atoms with E-state index in [0.717, 1.165) is 18.4 Å². The van der Waals surface area contributed by atoms with Crippen LogP contribution in [0.25, 0.3) is 0 Å². The molecular weight excluding hydrogens is 233 g/mol. The van der Waals surface area contributed by atoms with Gasteiger partial charge in [0.2, 0.25) is 0 Å². The third-order valence-corrected chi connectivity index (χ3v) is 3.85. The number of nitrogens with two attached hydrogens (primary N) is 1. The van der Waals surface area contributed by atoms with Crippen LogP contribution in [0.15, 0.2) is 18.2 Å². The van der Waals surface area contributed by atoms with Gasteiger partial charge in [-0.15, -0.1) is 0 Å². The zero-order valence-corrected chi connectivity index (χ0v) is 10.9. The van der Waals surface area contributed by atoms with Crippen molar-refractivity contribution in [2.24, 2.45) is 5.73 Å². The highest BCUT2D eigenvalue weighted by molar-refractivity contribution is 5.28. The van der Waals surface area contributed by atoms with Crippen LogP contribution in [-0.4, -0.2) is 25.9 Å². The Labute approximate surface area is 107 Å². The van der Waals surface area contributed by atoms with Crippen LogP contribution < -0.4 is 5.73 Å². The largest absolute Gasteiger partial charge is 0.381 e. The number of halogens is 1. The predicted molar refractivity (Wildman–Crippen MR) is 67.9 cm³/mol. The van der Waals surface area contributed by atoms with Crippen molar-refractivity contribution in [1.29, 1.82) is 0 Å². The van der Waals surface area contributed by atoms with Crippen LogP contribution in [0.4, 0.5) is 4.39 Å². The summed E-state index contributed by atoms with van der Waals surface area (Å²) in [6.45, 7) is 3.05. The zero-order chi connectivity index (χ0) is 13.2. The average Bonchev–Trinajstić information content (AvgIpc) is 2.42. The van der Waals surface area contributed by atoms with Crippen molar-refractivity contribution in [3.8, 4) is 0 Å². The van der Waals surface area contributed by atoms with Crippen LogP contribution in [0.1, 0.15) is 30.0 Å². The van der Waals surface area contributed by atoms with Crippen LogP contribution >= 0.6 is 0 Å². The first-order chi connectivity index (χ1) is 8.59. The van der Waals surface area contributed by atoms with Gasteiger partial charge in [-0.05, 0) is 24.1 Å². The summed E-state index contributed by atoms with van der Waals surface area (Å²) >= 11 is 0. The Morgan fingerprint density at radius 3 is 2.61 bits per heavy atom. The molecule has 2 rings (SSSR count). The van der Waals surface area contributed by atoms with Gasteiger partial charge in [0.15, 0.2) is 0 Å². The third kappa shape index (κ3) is 2.41. The summed E-state index contributed by atoms with van der Waals surface area (Å²) in [5.41, 5.74) is 7.46. The van der Waals surface area contributed by atoms with Gasteiger partial charge >= 0.3 is 0 Å². The van der Waals surface area contributed by atoms with E-state index in [9.17, 15) is 4.39 Å². The molecule has 0 aliphatic carbocycles. The van der Waals surface area contributed by atoms with Crippen LogP contribution in [0.3, 0.4) is 0 Å². The molecule has 0 radical (unpaired) electrons. The molecule has 0 spiro atoms. The summed E-state index contributed by atoms with van der Waals surface area (Å²) in [7, 11) is 1.68. The number of hydrogen-bond acceptors (Lipinski definition) is 3. The molecule has 0 aromatic heterocycles. The number of ether oxygens (including phenoxy) is 2. The minimum atomic E-state index is -0.400. The van der Waals surface area contributed by atoms with E-state index < -0.39 is 5.60 Å². The van der Waals surface area contributed by atoms with E-state index in [4.69, 9.17) is 15.2 Å². The summed E-state index contributed by atoms with van der Waals surface area (Å²) in [4.78, 5) is 0. The van der Waals surface area contributed by atoms with Crippen molar-refractivity contribution in [2.75, 3.05) is 20.3 Å². The quantitative estimate of drug-likeness (QED) is 0.899. The van der Waals surface area contributed by atoms with Gasteiger partial charge in [0.05, 0.1) is 11.6 Å². The molecule has 4 heteroatoms. The molecule has 3 nitrogen and oxygen atoms in total. The average molecular weight is 253 g/mol. The van der Waals surface area contributed by atoms with Crippen LogP contribution in [-0.2, 0) is 9.47 Å². The van der Waals surface area contributed by atoms with Gasteiger partial charge in [0.25, 0.3) is 0 Å². The molecule has 1 aromatic rings. The molecular formula is C14H20FNO2. The highest BCUT2D eigenvalue weighted by Gasteiger charge is 2.39. The van der Waals surface area contributed by atoms with E-state index in [2.05, 4.69) is 0 Å². The Kier molecular flexibility index (Phi) is 4.00. The van der Waals surface area contributed by atoms with Crippen molar-refractivity contribution >= 4 is 0 Å². The first-order valence-electron chi connectivity index (χ1n) is 6.23. The summed E-state index contributed by atoms with van der Waals surface area (Å²) in [6, 6.07) is 4.75. The van der Waals surface area contributed by atoms with Gasteiger partial charge < -0.3 is 15.2 Å². The second-order valence-electron chi connectivity index (χ2n) is 4.87. The summed E-state index contributed by atoms with van der Waals surface area (Å²) in [5.74, 6) is -0.204. The SMILES string of the molecule is COC1(C(N)c2ccc(F)c(C)c2)CCOCC1. The van der Waals surface area contributed by atoms with Gasteiger partial charge in [0, 0.05) is 33.2 Å². The monoisotopic (exact) mass is 253 g/mol. The van der Waals surface area contributed by atoms with E-state index in [1.165, 1.54) is 6.07 Å². The molecule has 1 aliphatic heterocycles. The number of hydrogen-bond donors (Lipinski definition) is 1. The molecule has 1 unspecified atom stereocenters. The highest BCUT2D eigenvalue weighted by Crippen LogP contribution is 2.36. The maximum atomic E-state index is 13.3. The summed E-state index contributed by atoms with van der Waals surface area (Å²) in [5, 5.41) is 0. The molecule has 18 heavy (non-hydrogen) atoms. The fourth-order valence-electron chi connectivity index (χ4n) is 2.52. The number of benzene rings is 1. The van der Waals surface area contributed by atoms with E-state index in [1.54, 1.807) is 26.2 Å². The lowest BCUT2D eigenvalue weighted by Gasteiger charge is -2.40. The third-order valence-electron chi connectivity index (χ3n) is 3.85. The van der Waals surface area contributed by atoms with Crippen LogP contribution in [0.2, 0.25) is 0 Å². The molecule has 100 valence electrons. The minimum absolute atomic E-state index is 0.204. The standard InChI is InChI=1S/C14H20FNO2/c1-10-9-11(3-4-12(10)15)13(16)14(17-2)5-7-18-8-6-14/h3-4,9,13H,5-8,16H2,1-2H3. The number of rotatable bonds is 3. The Morgan fingerprint density at radius 2 is 2.06 bits per heavy atom. The second kappa shape index (κ2) is 5.34. The molecule has 0 saturated carbocycles. The molecule has 2 N–H and O–H groups in total. The van der Waals surface area contributed by atoms with Crippen molar-refractivity contribution in [1.82, 2.24) is 0 Å². The lowest BCUT2D eigenvalue weighted by atomic mass is 9.82. The van der Waals surface area contributed by atoms with Gasteiger partial charge in [0.1, 0.15) is 5.82 Å². The molecule has 0 amide bonds. The Hall–Kier alpha value is -0.970. The van der Waals surface area contributed by atoms with Gasteiger partial charge in [-0.3, -0.25) is 0 Å². The van der Waals surface area contributed by atoms with E-state index in [-0.39, 0.29) is 11.9 Å². The van der Waals surface area contributed by atoms with Gasteiger partial charge in [-0.2, -0.15) is 0 Å². The molecule has 0 bridgehead atoms. The van der Waals surface area contributed by atoms with Crippen molar-refractivity contribution in [2.45, 2.75) is 31.4 Å². The van der Waals surface area contributed by atoms with Gasteiger partial charge in [-0.1, -0.05) is 12.1 Å². The molecule has 1 atom stereocenters. The second-order valence-corrected chi connectivity index (χ2v) is 4.87. The first-order valence-corrected chi connectivity index (χ1v) is 6.23. The lowest BCUT2D eigenvalue weighted by Crippen LogP contribution is -2.47. The Morgan fingerprint density at radius 1 is 1.39 bits per heavy atom. The smallest absolute Gasteiger partial charge is 0.126 e. The maximum absolute atomic E-state index is 13.3. The summed E-state index contributed by atoms with van der Waals surface area (Å²) < 4.78 is 24.3. The molecule has 1 aliphatic rings. The zero-order valence-electron chi connectivity index (χ0n) is 10.9. The van der Waals surface area contributed by atoms with Crippen molar-refractivity contribution < 1.29 is 13.9 Å². The maximum Gasteiger partial charge on any atom is 0.126 e. The van der Waals surface area contributed by atoms with Crippen molar-refractivity contribution in [3.05, 3.63) is 35.1 Å². The fourth-order valence-corrected chi connectivity index (χ4v) is 2.52. The molecule has 1 fully saturated rings. The highest BCUT2D eigenvalue weighted by atomic mass is 19.1. The van der Waals surface area contributed by atoms with E-state index >= 15 is 0 Å². The van der Waals surface area contributed by atoms with Gasteiger partial charge in [-0.25, -0.2) is 4.39 Å². The number of methoxy groups -OCH3 is 1. The molecule has 1 saturated heterocycles. The number of aryl methyl sites for hydroxylation is 1. The van der Waals surface area contributed by atoms with Crippen molar-refractivity contribution in [3.63, 3.8) is 0 Å². The minimum Gasteiger partial charge on any atom is -0.381 e. The van der Waals surface area contributed by atoms with E-state index in [0.29, 0.717) is 18.8 Å². The predicted octanol–water partition coefficient (Wildman–Crippen LogP) is 2.33. The lowest BCUT2D eigenvalue weighted by molar-refractivity contribution is -0.105. The fraction of sp³-hybridized carbons (Fsp3) is 0.571. The van der Waals surface area contributed by atoms with E-state index in [1.807, 2.05) is 0 Å². The summed E-state index contributed by atoms with van der Waals surface area (Å²) in [6.07, 6.45) is 1.53.